The molecule has 2 saturated heterocycles. The van der Waals surface area contributed by atoms with E-state index in [9.17, 15) is 14.4 Å². The summed E-state index contributed by atoms with van der Waals surface area (Å²) in [6.07, 6.45) is 3.97. The molecule has 2 amide bonds. The van der Waals surface area contributed by atoms with Crippen LogP contribution in [0.3, 0.4) is 0 Å². The van der Waals surface area contributed by atoms with Crippen LogP contribution in [-0.4, -0.2) is 47.5 Å². The average Bonchev–Trinajstić information content (AvgIpc) is 3.24. The molecule has 1 aromatic heterocycles. The van der Waals surface area contributed by atoms with E-state index < -0.39 is 11.9 Å². The van der Waals surface area contributed by atoms with Gasteiger partial charge in [0, 0.05) is 25.2 Å². The number of likely N-dealkylation sites (tertiary alicyclic amines) is 2. The molecule has 0 spiro atoms. The van der Waals surface area contributed by atoms with Crippen molar-refractivity contribution in [2.24, 2.45) is 0 Å². The number of hydrogen-bond acceptors (Lipinski definition) is 6. The summed E-state index contributed by atoms with van der Waals surface area (Å²) in [5.41, 5.74) is 0.834. The Kier molecular flexibility index (Phi) is 4.22. The summed E-state index contributed by atoms with van der Waals surface area (Å²) in [5, 5.41) is 0. The molecule has 8 heteroatoms. The van der Waals surface area contributed by atoms with Gasteiger partial charge in [-0.15, -0.1) is 0 Å². The maximum atomic E-state index is 12.2. The lowest BCUT2D eigenvalue weighted by atomic mass is 10.2. The number of hydrogen-bond donors (Lipinski definition) is 0. The summed E-state index contributed by atoms with van der Waals surface area (Å²) in [5.74, 6) is -0.607. The maximum Gasteiger partial charge on any atom is 0.518 e. The van der Waals surface area contributed by atoms with E-state index in [1.165, 1.54) is 0 Å². The number of carbonyl (C=O) groups is 2. The van der Waals surface area contributed by atoms with Gasteiger partial charge < -0.3 is 23.4 Å². The molecule has 1 atom stereocenters. The quantitative estimate of drug-likeness (QED) is 0.774. The molecular weight excluding hydrogens is 304 g/mol. The first-order valence-electron chi connectivity index (χ1n) is 7.54. The minimum atomic E-state index is -0.829. The van der Waals surface area contributed by atoms with Crippen molar-refractivity contribution in [2.45, 2.75) is 32.4 Å². The predicted octanol–water partition coefficient (Wildman–Crippen LogP) is 1.12. The van der Waals surface area contributed by atoms with E-state index in [1.54, 1.807) is 4.90 Å². The zero-order valence-corrected chi connectivity index (χ0v) is 12.8. The van der Waals surface area contributed by atoms with Crippen molar-refractivity contribution in [3.05, 3.63) is 34.3 Å². The van der Waals surface area contributed by atoms with Crippen LogP contribution < -0.4 is 5.82 Å². The fourth-order valence-corrected chi connectivity index (χ4v) is 2.97. The first-order chi connectivity index (χ1) is 11.1. The standard InChI is InChI=1S/C15H18N2O6/c1-2-10-3-6-17(13(10)18)11-4-5-16(7-11)14(19)21-8-12-9-22-15(20)23-12/h2,9,11H,3-8H2,1H3/b10-2+. The van der Waals surface area contributed by atoms with E-state index in [0.717, 1.165) is 24.7 Å². The Morgan fingerprint density at radius 2 is 2.26 bits per heavy atom. The lowest BCUT2D eigenvalue weighted by Gasteiger charge is -2.23. The van der Waals surface area contributed by atoms with Crippen LogP contribution in [0, 0.1) is 0 Å². The van der Waals surface area contributed by atoms with Gasteiger partial charge in [0.2, 0.25) is 5.91 Å². The highest BCUT2D eigenvalue weighted by Crippen LogP contribution is 2.25. The topological polar surface area (TPSA) is 93.2 Å². The van der Waals surface area contributed by atoms with E-state index in [0.29, 0.717) is 19.6 Å². The van der Waals surface area contributed by atoms with Gasteiger partial charge in [-0.25, -0.2) is 9.59 Å². The fraction of sp³-hybridized carbons (Fsp3) is 0.533. The number of amides is 2. The van der Waals surface area contributed by atoms with E-state index in [1.807, 2.05) is 17.9 Å². The lowest BCUT2D eigenvalue weighted by Crippen LogP contribution is -2.39. The van der Waals surface area contributed by atoms with Gasteiger partial charge in [-0.3, -0.25) is 4.79 Å². The van der Waals surface area contributed by atoms with Crippen molar-refractivity contribution >= 4 is 12.0 Å². The van der Waals surface area contributed by atoms with Crippen LogP contribution in [0.2, 0.25) is 0 Å². The van der Waals surface area contributed by atoms with Crippen LogP contribution in [0.1, 0.15) is 25.5 Å². The van der Waals surface area contributed by atoms with Gasteiger partial charge in [-0.2, -0.15) is 0 Å². The van der Waals surface area contributed by atoms with Crippen LogP contribution >= 0.6 is 0 Å². The molecule has 1 unspecified atom stereocenters. The van der Waals surface area contributed by atoms with Crippen molar-refractivity contribution in [1.29, 1.82) is 0 Å². The van der Waals surface area contributed by atoms with Crippen molar-refractivity contribution in [1.82, 2.24) is 9.80 Å². The van der Waals surface area contributed by atoms with Crippen molar-refractivity contribution in [3.8, 4) is 0 Å². The summed E-state index contributed by atoms with van der Waals surface area (Å²) in [4.78, 5) is 38.3. The third kappa shape index (κ3) is 3.15. The Hall–Kier alpha value is -2.51. The third-order valence-electron chi connectivity index (χ3n) is 4.21. The van der Waals surface area contributed by atoms with Gasteiger partial charge >= 0.3 is 11.9 Å². The number of carbonyl (C=O) groups excluding carboxylic acids is 2. The summed E-state index contributed by atoms with van der Waals surface area (Å²) < 4.78 is 14.2. The van der Waals surface area contributed by atoms with Crippen LogP contribution in [0.4, 0.5) is 4.79 Å². The first kappa shape index (κ1) is 15.4. The Morgan fingerprint density at radius 1 is 1.43 bits per heavy atom. The van der Waals surface area contributed by atoms with Gasteiger partial charge in [0.1, 0.15) is 6.26 Å². The summed E-state index contributed by atoms with van der Waals surface area (Å²) in [7, 11) is 0. The summed E-state index contributed by atoms with van der Waals surface area (Å²) in [6, 6.07) is 0.0272. The molecule has 0 N–H and O–H groups in total. The van der Waals surface area contributed by atoms with Crippen LogP contribution in [0.15, 0.2) is 31.5 Å². The molecule has 0 saturated carbocycles. The number of nitrogens with zero attached hydrogens (tertiary/aromatic N) is 2. The van der Waals surface area contributed by atoms with Crippen molar-refractivity contribution < 1.29 is 23.2 Å². The van der Waals surface area contributed by atoms with Crippen molar-refractivity contribution in [3.63, 3.8) is 0 Å². The predicted molar refractivity (Wildman–Crippen MR) is 77.5 cm³/mol. The van der Waals surface area contributed by atoms with Gasteiger partial charge in [-0.1, -0.05) is 6.08 Å². The SMILES string of the molecule is C/C=C1\CCN(C2CCN(C(=O)OCc3coc(=O)o3)C2)C1=O. The number of ether oxygens (including phenoxy) is 1. The van der Waals surface area contributed by atoms with E-state index >= 15 is 0 Å². The maximum absolute atomic E-state index is 12.2. The second-order valence-corrected chi connectivity index (χ2v) is 5.56. The molecular formula is C15H18N2O6. The highest BCUT2D eigenvalue weighted by Gasteiger charge is 2.37. The average molecular weight is 322 g/mol. The molecule has 8 nitrogen and oxygen atoms in total. The molecule has 2 aliphatic rings. The Balaban J connectivity index is 1.52. The van der Waals surface area contributed by atoms with E-state index in [4.69, 9.17) is 4.74 Å². The second-order valence-electron chi connectivity index (χ2n) is 5.56. The molecule has 2 fully saturated rings. The highest BCUT2D eigenvalue weighted by atomic mass is 16.6. The molecule has 23 heavy (non-hydrogen) atoms. The van der Waals surface area contributed by atoms with Gasteiger partial charge in [0.15, 0.2) is 12.4 Å². The summed E-state index contributed by atoms with van der Waals surface area (Å²) in [6.45, 7) is 3.40. The minimum absolute atomic E-state index is 0.0272. The minimum Gasteiger partial charge on any atom is -0.441 e. The molecule has 0 aromatic carbocycles. The molecule has 0 bridgehead atoms. The first-order valence-corrected chi connectivity index (χ1v) is 7.54. The molecule has 3 rings (SSSR count). The zero-order chi connectivity index (χ0) is 16.4. The largest absolute Gasteiger partial charge is 0.518 e. The van der Waals surface area contributed by atoms with Crippen molar-refractivity contribution in [2.75, 3.05) is 19.6 Å². The Morgan fingerprint density at radius 3 is 2.91 bits per heavy atom. The number of allylic oxidation sites excluding steroid dienone is 1. The molecule has 1 aromatic rings. The molecule has 124 valence electrons. The normalized spacial score (nSPS) is 23.1. The van der Waals surface area contributed by atoms with Gasteiger partial charge in [0.25, 0.3) is 0 Å². The monoisotopic (exact) mass is 322 g/mol. The molecule has 0 aliphatic carbocycles. The van der Waals surface area contributed by atoms with Crippen LogP contribution in [0.5, 0.6) is 0 Å². The molecule has 3 heterocycles. The second kappa shape index (κ2) is 6.31. The number of rotatable bonds is 3. The van der Waals surface area contributed by atoms with E-state index in [-0.39, 0.29) is 24.3 Å². The third-order valence-corrected chi connectivity index (χ3v) is 4.21. The lowest BCUT2D eigenvalue weighted by molar-refractivity contribution is -0.126. The van der Waals surface area contributed by atoms with Crippen LogP contribution in [0.25, 0.3) is 0 Å². The fourth-order valence-electron chi connectivity index (χ4n) is 2.97. The zero-order valence-electron chi connectivity index (χ0n) is 12.8. The highest BCUT2D eigenvalue weighted by molar-refractivity contribution is 5.95. The Labute approximate surface area is 132 Å². The van der Waals surface area contributed by atoms with E-state index in [2.05, 4.69) is 8.83 Å². The molecule has 2 aliphatic heterocycles. The van der Waals surface area contributed by atoms with Crippen LogP contribution in [-0.2, 0) is 16.1 Å². The van der Waals surface area contributed by atoms with Gasteiger partial charge in [0.05, 0.1) is 6.04 Å². The van der Waals surface area contributed by atoms with Gasteiger partial charge in [-0.05, 0) is 19.8 Å². The Bertz CT molecular complexity index is 688. The smallest absolute Gasteiger partial charge is 0.441 e. The summed E-state index contributed by atoms with van der Waals surface area (Å²) >= 11 is 0. The molecule has 0 radical (unpaired) electrons.